The average molecular weight is 448 g/mol. The molecule has 5 rings (SSSR count). The molecule has 0 fully saturated rings. The molecule has 0 saturated carbocycles. The fraction of sp³-hybridized carbons (Fsp3) is 0.250. The SMILES string of the molecule is Cc1cc(C(=O)N[C@@H](C)c2nc3ccc(Cl)cc3[nH]2)ccc1-n1c2c(ncc1=O)CCC2. The van der Waals surface area contributed by atoms with Gasteiger partial charge in [-0.25, -0.2) is 4.98 Å². The lowest BCUT2D eigenvalue weighted by Crippen LogP contribution is -2.28. The fourth-order valence-corrected chi connectivity index (χ4v) is 4.45. The number of benzene rings is 2. The first-order valence-corrected chi connectivity index (χ1v) is 11.0. The molecule has 2 aromatic carbocycles. The van der Waals surface area contributed by atoms with Gasteiger partial charge in [-0.15, -0.1) is 0 Å². The van der Waals surface area contributed by atoms with Gasteiger partial charge in [-0.1, -0.05) is 11.6 Å². The van der Waals surface area contributed by atoms with Gasteiger partial charge in [-0.05, 0) is 75.1 Å². The Morgan fingerprint density at radius 2 is 2.06 bits per heavy atom. The maximum atomic E-state index is 12.9. The van der Waals surface area contributed by atoms with E-state index in [1.807, 2.05) is 38.1 Å². The lowest BCUT2D eigenvalue weighted by atomic mass is 10.1. The van der Waals surface area contributed by atoms with Crippen LogP contribution < -0.4 is 10.9 Å². The average Bonchev–Trinajstić information content (AvgIpc) is 3.40. The zero-order valence-electron chi connectivity index (χ0n) is 17.8. The minimum absolute atomic E-state index is 0.149. The summed E-state index contributed by atoms with van der Waals surface area (Å²) in [6.45, 7) is 3.78. The first-order chi connectivity index (χ1) is 15.4. The second kappa shape index (κ2) is 7.91. The maximum absolute atomic E-state index is 12.9. The number of aromatic nitrogens is 4. The smallest absolute Gasteiger partial charge is 0.273 e. The molecule has 4 aromatic rings. The molecule has 8 heteroatoms. The summed E-state index contributed by atoms with van der Waals surface area (Å²) < 4.78 is 1.73. The monoisotopic (exact) mass is 447 g/mol. The molecule has 2 N–H and O–H groups in total. The molecule has 162 valence electrons. The Balaban J connectivity index is 1.40. The number of imidazole rings is 1. The molecule has 7 nitrogen and oxygen atoms in total. The Hall–Kier alpha value is -3.45. The summed E-state index contributed by atoms with van der Waals surface area (Å²) in [5.74, 6) is 0.445. The number of carbonyl (C=O) groups is 1. The molecule has 1 aliphatic carbocycles. The van der Waals surface area contributed by atoms with Gasteiger partial charge in [-0.3, -0.25) is 19.1 Å². The molecule has 0 saturated heterocycles. The van der Waals surface area contributed by atoms with E-state index in [0.717, 1.165) is 52.9 Å². The van der Waals surface area contributed by atoms with Crippen molar-refractivity contribution in [3.63, 3.8) is 0 Å². The van der Waals surface area contributed by atoms with Crippen LogP contribution in [0.3, 0.4) is 0 Å². The second-order valence-electron chi connectivity index (χ2n) is 8.16. The third-order valence-electron chi connectivity index (χ3n) is 5.90. The number of hydrogen-bond acceptors (Lipinski definition) is 4. The van der Waals surface area contributed by atoms with E-state index in [1.165, 1.54) is 6.20 Å². The molecular formula is C24H22ClN5O2. The van der Waals surface area contributed by atoms with Crippen LogP contribution in [0.15, 0.2) is 47.4 Å². The number of amides is 1. The number of carbonyl (C=O) groups excluding carboxylic acids is 1. The zero-order chi connectivity index (χ0) is 22.4. The van der Waals surface area contributed by atoms with E-state index in [0.29, 0.717) is 16.4 Å². The molecule has 2 aromatic heterocycles. The number of halogens is 1. The molecule has 0 unspecified atom stereocenters. The van der Waals surface area contributed by atoms with Gasteiger partial charge in [0.05, 0.1) is 34.7 Å². The molecule has 0 bridgehead atoms. The number of hydrogen-bond donors (Lipinski definition) is 2. The van der Waals surface area contributed by atoms with Crippen LogP contribution >= 0.6 is 11.6 Å². The second-order valence-corrected chi connectivity index (χ2v) is 8.60. The highest BCUT2D eigenvalue weighted by Gasteiger charge is 2.20. The van der Waals surface area contributed by atoms with E-state index in [4.69, 9.17) is 11.6 Å². The highest BCUT2D eigenvalue weighted by molar-refractivity contribution is 6.31. The highest BCUT2D eigenvalue weighted by Crippen LogP contribution is 2.24. The van der Waals surface area contributed by atoms with E-state index in [9.17, 15) is 9.59 Å². The number of nitrogens with one attached hydrogen (secondary N) is 2. The van der Waals surface area contributed by atoms with E-state index in [-0.39, 0.29) is 17.5 Å². The van der Waals surface area contributed by atoms with Crippen LogP contribution in [0.5, 0.6) is 0 Å². The Morgan fingerprint density at radius 3 is 2.88 bits per heavy atom. The number of aromatic amines is 1. The zero-order valence-corrected chi connectivity index (χ0v) is 18.5. The summed E-state index contributed by atoms with van der Waals surface area (Å²) in [4.78, 5) is 37.5. The topological polar surface area (TPSA) is 92.7 Å². The van der Waals surface area contributed by atoms with Gasteiger partial charge in [0.2, 0.25) is 0 Å². The lowest BCUT2D eigenvalue weighted by Gasteiger charge is -2.16. The van der Waals surface area contributed by atoms with Gasteiger partial charge < -0.3 is 10.3 Å². The normalized spacial score (nSPS) is 13.8. The third-order valence-corrected chi connectivity index (χ3v) is 6.14. The van der Waals surface area contributed by atoms with Gasteiger partial charge >= 0.3 is 0 Å². The van der Waals surface area contributed by atoms with Gasteiger partial charge in [0.25, 0.3) is 11.5 Å². The van der Waals surface area contributed by atoms with Crippen molar-refractivity contribution in [1.29, 1.82) is 0 Å². The van der Waals surface area contributed by atoms with Crippen molar-refractivity contribution in [2.75, 3.05) is 0 Å². The number of rotatable bonds is 4. The molecule has 1 amide bonds. The molecule has 0 aliphatic heterocycles. The molecule has 1 aliphatic rings. The first kappa shape index (κ1) is 20.5. The first-order valence-electron chi connectivity index (χ1n) is 10.6. The summed E-state index contributed by atoms with van der Waals surface area (Å²) in [7, 11) is 0. The van der Waals surface area contributed by atoms with Gasteiger partial charge in [0.15, 0.2) is 0 Å². The van der Waals surface area contributed by atoms with E-state index in [2.05, 4.69) is 20.3 Å². The molecule has 1 atom stereocenters. The van der Waals surface area contributed by atoms with Crippen LogP contribution in [0.2, 0.25) is 5.02 Å². The van der Waals surface area contributed by atoms with Crippen LogP contribution in [-0.2, 0) is 12.8 Å². The van der Waals surface area contributed by atoms with Crippen LogP contribution in [-0.4, -0.2) is 25.4 Å². The number of nitrogens with zero attached hydrogens (tertiary/aromatic N) is 3. The summed E-state index contributed by atoms with van der Waals surface area (Å²) in [5, 5.41) is 3.61. The standard InChI is InChI=1S/C24H22ClN5O2/c1-13-10-15(6-9-20(13)30-21-5-3-4-18(21)26-12-22(30)31)24(32)27-14(2)23-28-17-8-7-16(25)11-19(17)29-23/h6-12,14H,3-5H2,1-2H3,(H,27,32)(H,28,29)/t14-/m0/s1. The van der Waals surface area contributed by atoms with Crippen molar-refractivity contribution in [2.24, 2.45) is 0 Å². The molecule has 0 radical (unpaired) electrons. The minimum atomic E-state index is -0.320. The van der Waals surface area contributed by atoms with Crippen molar-refractivity contribution in [3.8, 4) is 5.69 Å². The predicted molar refractivity (Wildman–Crippen MR) is 124 cm³/mol. The van der Waals surface area contributed by atoms with E-state index < -0.39 is 0 Å². The summed E-state index contributed by atoms with van der Waals surface area (Å²) >= 11 is 6.04. The summed E-state index contributed by atoms with van der Waals surface area (Å²) in [6.07, 6.45) is 4.10. The predicted octanol–water partition coefficient (Wildman–Crippen LogP) is 4.05. The van der Waals surface area contributed by atoms with Gasteiger partial charge in [0, 0.05) is 16.3 Å². The lowest BCUT2D eigenvalue weighted by molar-refractivity contribution is 0.0938. The third kappa shape index (κ3) is 3.58. The number of fused-ring (bicyclic) bond motifs is 2. The molecule has 2 heterocycles. The number of aryl methyl sites for hydroxylation is 2. The Morgan fingerprint density at radius 1 is 1.22 bits per heavy atom. The van der Waals surface area contributed by atoms with E-state index in [1.54, 1.807) is 16.7 Å². The summed E-state index contributed by atoms with van der Waals surface area (Å²) in [6, 6.07) is 10.5. The Kier molecular flexibility index (Phi) is 5.06. The van der Waals surface area contributed by atoms with Gasteiger partial charge in [0.1, 0.15) is 5.82 Å². The quantitative estimate of drug-likeness (QED) is 0.493. The van der Waals surface area contributed by atoms with Crippen molar-refractivity contribution in [1.82, 2.24) is 24.8 Å². The number of H-pyrrole nitrogens is 1. The van der Waals surface area contributed by atoms with Crippen molar-refractivity contribution in [2.45, 2.75) is 39.2 Å². The highest BCUT2D eigenvalue weighted by atomic mass is 35.5. The van der Waals surface area contributed by atoms with Crippen molar-refractivity contribution in [3.05, 3.63) is 86.3 Å². The van der Waals surface area contributed by atoms with Crippen LogP contribution in [0, 0.1) is 6.92 Å². The van der Waals surface area contributed by atoms with Crippen molar-refractivity contribution >= 4 is 28.5 Å². The largest absolute Gasteiger partial charge is 0.342 e. The summed E-state index contributed by atoms with van der Waals surface area (Å²) in [5.41, 5.74) is 5.58. The van der Waals surface area contributed by atoms with Crippen LogP contribution in [0.4, 0.5) is 0 Å². The minimum Gasteiger partial charge on any atom is -0.342 e. The fourth-order valence-electron chi connectivity index (χ4n) is 4.28. The molecule has 0 spiro atoms. The Labute approximate surface area is 189 Å². The van der Waals surface area contributed by atoms with Crippen LogP contribution in [0.25, 0.3) is 16.7 Å². The van der Waals surface area contributed by atoms with Crippen LogP contribution in [0.1, 0.15) is 52.5 Å². The van der Waals surface area contributed by atoms with Gasteiger partial charge in [-0.2, -0.15) is 0 Å². The maximum Gasteiger partial charge on any atom is 0.273 e. The molecule has 32 heavy (non-hydrogen) atoms. The molecular weight excluding hydrogens is 426 g/mol. The van der Waals surface area contributed by atoms with Crippen molar-refractivity contribution < 1.29 is 4.79 Å². The Bertz CT molecular complexity index is 1420. The van der Waals surface area contributed by atoms with E-state index >= 15 is 0 Å².